The predicted octanol–water partition coefficient (Wildman–Crippen LogP) is 2.71. The molecule has 0 aliphatic carbocycles. The van der Waals surface area contributed by atoms with Gasteiger partial charge in [0.1, 0.15) is 5.82 Å². The molecule has 0 radical (unpaired) electrons. The summed E-state index contributed by atoms with van der Waals surface area (Å²) in [5.41, 5.74) is 0.861. The van der Waals surface area contributed by atoms with E-state index < -0.39 is 0 Å². The maximum absolute atomic E-state index is 13.1. The summed E-state index contributed by atoms with van der Waals surface area (Å²) in [7, 11) is 0. The van der Waals surface area contributed by atoms with Gasteiger partial charge in [0.25, 0.3) is 5.91 Å². The summed E-state index contributed by atoms with van der Waals surface area (Å²) in [6.07, 6.45) is 1.67. The minimum absolute atomic E-state index is 0.0131. The molecular formula is C19H22FN3O3. The van der Waals surface area contributed by atoms with Crippen molar-refractivity contribution in [3.05, 3.63) is 53.7 Å². The van der Waals surface area contributed by atoms with E-state index in [1.807, 2.05) is 13.8 Å². The first kappa shape index (κ1) is 18.1. The van der Waals surface area contributed by atoms with Gasteiger partial charge in [0.15, 0.2) is 0 Å². The van der Waals surface area contributed by atoms with Gasteiger partial charge in [0.05, 0.1) is 12.2 Å². The molecule has 1 aromatic heterocycles. The molecule has 0 spiro atoms. The van der Waals surface area contributed by atoms with Crippen LogP contribution in [0, 0.1) is 11.7 Å². The van der Waals surface area contributed by atoms with Gasteiger partial charge in [-0.3, -0.25) is 9.59 Å². The van der Waals surface area contributed by atoms with Gasteiger partial charge < -0.3 is 14.3 Å². The molecular weight excluding hydrogens is 337 g/mol. The predicted molar refractivity (Wildman–Crippen MR) is 92.6 cm³/mol. The lowest BCUT2D eigenvalue weighted by Crippen LogP contribution is -2.47. The average molecular weight is 359 g/mol. The molecule has 138 valence electrons. The van der Waals surface area contributed by atoms with Crippen LogP contribution in [0.4, 0.5) is 4.39 Å². The van der Waals surface area contributed by atoms with E-state index in [-0.39, 0.29) is 41.8 Å². The Hall–Kier alpha value is -2.70. The fraction of sp³-hybridized carbons (Fsp3) is 0.421. The van der Waals surface area contributed by atoms with Crippen LogP contribution >= 0.6 is 0 Å². The van der Waals surface area contributed by atoms with Crippen LogP contribution in [0.25, 0.3) is 0 Å². The minimum Gasteiger partial charge on any atom is -0.351 e. The number of amides is 2. The van der Waals surface area contributed by atoms with Crippen molar-refractivity contribution in [2.24, 2.45) is 5.92 Å². The van der Waals surface area contributed by atoms with Crippen molar-refractivity contribution in [3.8, 4) is 0 Å². The highest BCUT2D eigenvalue weighted by Crippen LogP contribution is 2.22. The summed E-state index contributed by atoms with van der Waals surface area (Å²) in [6, 6.07) is 7.53. The number of carbonyl (C=O) groups is 2. The lowest BCUT2D eigenvalue weighted by Gasteiger charge is -2.34. The van der Waals surface area contributed by atoms with Gasteiger partial charge in [-0.25, -0.2) is 4.39 Å². The van der Waals surface area contributed by atoms with Crippen molar-refractivity contribution in [3.63, 3.8) is 0 Å². The maximum Gasteiger partial charge on any atom is 0.292 e. The second-order valence-corrected chi connectivity index (χ2v) is 6.84. The number of hydrogen-bond donors (Lipinski definition) is 0. The zero-order chi connectivity index (χ0) is 18.7. The summed E-state index contributed by atoms with van der Waals surface area (Å²) in [6.45, 7) is 5.20. The smallest absolute Gasteiger partial charge is 0.292 e. The van der Waals surface area contributed by atoms with Crippen molar-refractivity contribution >= 4 is 11.8 Å². The van der Waals surface area contributed by atoms with Gasteiger partial charge in [0.2, 0.25) is 11.7 Å². The standard InChI is InChI=1S/C19H22FN3O3/c1-13(2)16-12-22(19(25)17-7-9-21-26-17)10-8-18(24)23(16)11-14-3-5-15(20)6-4-14/h3-7,9,13,16H,8,10-12H2,1-2H3/t16-/m1/s1. The fourth-order valence-corrected chi connectivity index (χ4v) is 3.20. The summed E-state index contributed by atoms with van der Waals surface area (Å²) in [5, 5.41) is 3.58. The van der Waals surface area contributed by atoms with E-state index in [1.54, 1.807) is 21.9 Å². The van der Waals surface area contributed by atoms with Crippen LogP contribution in [0.5, 0.6) is 0 Å². The molecule has 26 heavy (non-hydrogen) atoms. The summed E-state index contributed by atoms with van der Waals surface area (Å²) in [5.74, 6) is -0.250. The Balaban J connectivity index is 1.81. The monoisotopic (exact) mass is 359 g/mol. The molecule has 0 saturated carbocycles. The van der Waals surface area contributed by atoms with Crippen molar-refractivity contribution in [2.75, 3.05) is 13.1 Å². The highest BCUT2D eigenvalue weighted by atomic mass is 19.1. The molecule has 1 aliphatic rings. The second-order valence-electron chi connectivity index (χ2n) is 6.84. The maximum atomic E-state index is 13.1. The number of halogens is 1. The van der Waals surface area contributed by atoms with Crippen LogP contribution in [0.2, 0.25) is 0 Å². The molecule has 2 amide bonds. The molecule has 1 saturated heterocycles. The van der Waals surface area contributed by atoms with Gasteiger partial charge in [-0.15, -0.1) is 0 Å². The van der Waals surface area contributed by atoms with Crippen LogP contribution in [-0.4, -0.2) is 45.9 Å². The molecule has 2 aromatic rings. The lowest BCUT2D eigenvalue weighted by atomic mass is 10.0. The Morgan fingerprint density at radius 1 is 1.31 bits per heavy atom. The third-order valence-corrected chi connectivity index (χ3v) is 4.70. The van der Waals surface area contributed by atoms with Crippen LogP contribution in [0.15, 0.2) is 41.1 Å². The first-order valence-electron chi connectivity index (χ1n) is 8.69. The fourth-order valence-electron chi connectivity index (χ4n) is 3.20. The van der Waals surface area contributed by atoms with Crippen molar-refractivity contribution in [1.82, 2.24) is 15.0 Å². The molecule has 0 unspecified atom stereocenters. The Morgan fingerprint density at radius 2 is 2.04 bits per heavy atom. The van der Waals surface area contributed by atoms with Gasteiger partial charge in [-0.2, -0.15) is 0 Å². The zero-order valence-corrected chi connectivity index (χ0v) is 14.9. The highest BCUT2D eigenvalue weighted by molar-refractivity contribution is 5.92. The van der Waals surface area contributed by atoms with Crippen LogP contribution in [0.1, 0.15) is 36.4 Å². The number of rotatable bonds is 4. The summed E-state index contributed by atoms with van der Waals surface area (Å²) >= 11 is 0. The third kappa shape index (κ3) is 3.92. The van der Waals surface area contributed by atoms with Gasteiger partial charge in [-0.05, 0) is 23.6 Å². The van der Waals surface area contributed by atoms with E-state index >= 15 is 0 Å². The van der Waals surface area contributed by atoms with Crippen LogP contribution in [0.3, 0.4) is 0 Å². The van der Waals surface area contributed by atoms with Crippen LogP contribution in [-0.2, 0) is 11.3 Å². The minimum atomic E-state index is -0.305. The van der Waals surface area contributed by atoms with Gasteiger partial charge in [-0.1, -0.05) is 31.1 Å². The molecule has 1 atom stereocenters. The zero-order valence-electron chi connectivity index (χ0n) is 14.9. The van der Waals surface area contributed by atoms with E-state index in [9.17, 15) is 14.0 Å². The van der Waals surface area contributed by atoms with Gasteiger partial charge in [0, 0.05) is 32.1 Å². The molecule has 3 rings (SSSR count). The molecule has 1 fully saturated rings. The topological polar surface area (TPSA) is 66.7 Å². The Morgan fingerprint density at radius 3 is 2.65 bits per heavy atom. The molecule has 6 nitrogen and oxygen atoms in total. The Kier molecular flexibility index (Phi) is 5.35. The second kappa shape index (κ2) is 7.68. The molecule has 2 heterocycles. The number of benzene rings is 1. The van der Waals surface area contributed by atoms with Crippen LogP contribution < -0.4 is 0 Å². The van der Waals surface area contributed by atoms with Crippen molar-refractivity contribution in [1.29, 1.82) is 0 Å². The van der Waals surface area contributed by atoms with E-state index in [0.29, 0.717) is 19.6 Å². The number of hydrogen-bond acceptors (Lipinski definition) is 4. The Bertz CT molecular complexity index is 759. The average Bonchev–Trinajstić information content (AvgIpc) is 3.10. The third-order valence-electron chi connectivity index (χ3n) is 4.70. The molecule has 1 aromatic carbocycles. The van der Waals surface area contributed by atoms with Crippen molar-refractivity contribution in [2.45, 2.75) is 32.9 Å². The first-order valence-corrected chi connectivity index (χ1v) is 8.69. The normalized spacial score (nSPS) is 18.3. The van der Waals surface area contributed by atoms with Crippen molar-refractivity contribution < 1.29 is 18.5 Å². The molecule has 7 heteroatoms. The number of carbonyl (C=O) groups excluding carboxylic acids is 2. The number of nitrogens with zero attached hydrogens (tertiary/aromatic N) is 3. The summed E-state index contributed by atoms with van der Waals surface area (Å²) in [4.78, 5) is 28.8. The first-order chi connectivity index (χ1) is 12.5. The van der Waals surface area contributed by atoms with E-state index in [4.69, 9.17) is 4.52 Å². The van der Waals surface area contributed by atoms with E-state index in [1.165, 1.54) is 24.4 Å². The number of aromatic nitrogens is 1. The largest absolute Gasteiger partial charge is 0.351 e. The molecule has 0 bridgehead atoms. The quantitative estimate of drug-likeness (QED) is 0.842. The SMILES string of the molecule is CC(C)[C@H]1CN(C(=O)c2ccno2)CCC(=O)N1Cc1ccc(F)cc1. The summed E-state index contributed by atoms with van der Waals surface area (Å²) < 4.78 is 18.1. The lowest BCUT2D eigenvalue weighted by molar-refractivity contribution is -0.134. The van der Waals surface area contributed by atoms with E-state index in [0.717, 1.165) is 5.56 Å². The van der Waals surface area contributed by atoms with Gasteiger partial charge >= 0.3 is 0 Å². The molecule has 0 N–H and O–H groups in total. The highest BCUT2D eigenvalue weighted by Gasteiger charge is 2.34. The molecule has 1 aliphatic heterocycles. The van der Waals surface area contributed by atoms with E-state index in [2.05, 4.69) is 5.16 Å². The Labute approximate surface area is 151 Å².